The van der Waals surface area contributed by atoms with Crippen LogP contribution in [0.15, 0.2) is 0 Å². The Morgan fingerprint density at radius 3 is 2.55 bits per heavy atom. The molecule has 0 bridgehead atoms. The average molecular weight is 174 g/mol. The highest BCUT2D eigenvalue weighted by Crippen LogP contribution is 1.96. The Balaban J connectivity index is 3.27. The van der Waals surface area contributed by atoms with E-state index in [-0.39, 0.29) is 0 Å². The van der Waals surface area contributed by atoms with E-state index >= 15 is 0 Å². The molecule has 0 saturated heterocycles. The first kappa shape index (κ1) is 11.1. The fourth-order valence-electron chi connectivity index (χ4n) is 0.991. The van der Waals surface area contributed by atoms with E-state index in [1.54, 1.807) is 0 Å². The van der Waals surface area contributed by atoms with Gasteiger partial charge in [0.1, 0.15) is 0 Å². The molecule has 0 radical (unpaired) electrons. The van der Waals surface area contributed by atoms with Gasteiger partial charge in [-0.25, -0.2) is 0 Å². The van der Waals surface area contributed by atoms with E-state index in [1.165, 1.54) is 25.3 Å². The minimum Gasteiger partial charge on any atom is -0.341 e. The van der Waals surface area contributed by atoms with Crippen LogP contribution in [0.4, 0.5) is 0 Å². The second-order valence-corrected chi connectivity index (χ2v) is 5.35. The molecule has 2 atom stereocenters. The Bertz CT molecular complexity index is 88.2. The molecule has 0 aliphatic heterocycles. The maximum absolute atomic E-state index is 5.96. The van der Waals surface area contributed by atoms with Crippen molar-refractivity contribution in [2.45, 2.75) is 52.1 Å². The summed E-state index contributed by atoms with van der Waals surface area (Å²) >= 11 is 0. The van der Waals surface area contributed by atoms with E-state index in [0.29, 0.717) is 6.04 Å². The third kappa shape index (κ3) is 6.53. The van der Waals surface area contributed by atoms with Crippen LogP contribution >= 0.6 is 0 Å². The number of unbranched alkanes of at least 4 members (excludes halogenated alkanes) is 1. The van der Waals surface area contributed by atoms with E-state index < -0.39 is 9.12 Å². The molecule has 2 nitrogen and oxygen atoms in total. The van der Waals surface area contributed by atoms with Gasteiger partial charge >= 0.3 is 0 Å². The molecule has 0 amide bonds. The third-order valence-corrected chi connectivity index (χ3v) is 4.01. The summed E-state index contributed by atoms with van der Waals surface area (Å²) in [5.74, 6) is 0. The Labute approximate surface area is 72.3 Å². The van der Waals surface area contributed by atoms with Crippen molar-refractivity contribution < 1.29 is 0 Å². The van der Waals surface area contributed by atoms with Gasteiger partial charge in [0.25, 0.3) is 0 Å². The average Bonchev–Trinajstić information content (AvgIpc) is 2.00. The fraction of sp³-hybridized carbons (Fsp3) is 1.00. The van der Waals surface area contributed by atoms with Crippen molar-refractivity contribution in [3.63, 3.8) is 0 Å². The second kappa shape index (κ2) is 6.82. The Morgan fingerprint density at radius 2 is 2.09 bits per heavy atom. The minimum absolute atomic E-state index is 0.619. The lowest BCUT2D eigenvalue weighted by molar-refractivity contribution is 0.643. The van der Waals surface area contributed by atoms with E-state index in [1.807, 2.05) is 0 Å². The number of rotatable bonds is 6. The lowest BCUT2D eigenvalue weighted by atomic mass is 10.3. The van der Waals surface area contributed by atoms with Crippen LogP contribution in [0, 0.1) is 0 Å². The monoisotopic (exact) mass is 174 g/mol. The topological polar surface area (TPSA) is 38.0 Å². The SMILES string of the molecule is CCCC[SiH](N)NC(C)CC. The molecular formula is C8H22N2Si. The van der Waals surface area contributed by atoms with Crippen LogP contribution in [0.25, 0.3) is 0 Å². The molecule has 68 valence electrons. The first-order valence-electron chi connectivity index (χ1n) is 4.72. The van der Waals surface area contributed by atoms with Gasteiger partial charge in [-0.15, -0.1) is 0 Å². The molecule has 3 N–H and O–H groups in total. The van der Waals surface area contributed by atoms with Crippen molar-refractivity contribution in [2.75, 3.05) is 0 Å². The van der Waals surface area contributed by atoms with Crippen LogP contribution in [-0.2, 0) is 0 Å². The quantitative estimate of drug-likeness (QED) is 0.597. The highest BCUT2D eigenvalue weighted by molar-refractivity contribution is 6.52. The molecule has 0 aromatic heterocycles. The molecule has 0 rings (SSSR count). The molecular weight excluding hydrogens is 152 g/mol. The predicted octanol–water partition coefficient (Wildman–Crippen LogP) is 1.35. The van der Waals surface area contributed by atoms with Crippen LogP contribution in [0.1, 0.15) is 40.0 Å². The van der Waals surface area contributed by atoms with Crippen LogP contribution < -0.4 is 10.4 Å². The van der Waals surface area contributed by atoms with Gasteiger partial charge in [-0.2, -0.15) is 0 Å². The van der Waals surface area contributed by atoms with Gasteiger partial charge in [0.05, 0.1) is 0 Å². The summed E-state index contributed by atoms with van der Waals surface area (Å²) in [6, 6.07) is 1.86. The molecule has 11 heavy (non-hydrogen) atoms. The highest BCUT2D eigenvalue weighted by atomic mass is 28.3. The number of hydrogen-bond acceptors (Lipinski definition) is 2. The minimum atomic E-state index is -1.05. The zero-order valence-corrected chi connectivity index (χ0v) is 9.22. The summed E-state index contributed by atoms with van der Waals surface area (Å²) in [5.41, 5.74) is 0. The van der Waals surface area contributed by atoms with Gasteiger partial charge in [-0.05, 0) is 18.5 Å². The lowest BCUT2D eigenvalue weighted by Crippen LogP contribution is -2.47. The van der Waals surface area contributed by atoms with E-state index in [4.69, 9.17) is 5.40 Å². The summed E-state index contributed by atoms with van der Waals surface area (Å²) in [6.07, 6.45) is 3.74. The van der Waals surface area contributed by atoms with E-state index in [0.717, 1.165) is 0 Å². The number of hydrogen-bond donors (Lipinski definition) is 2. The Morgan fingerprint density at radius 1 is 1.45 bits per heavy atom. The molecule has 0 saturated carbocycles. The number of nitrogens with two attached hydrogens (primary N) is 1. The van der Waals surface area contributed by atoms with E-state index in [9.17, 15) is 0 Å². The summed E-state index contributed by atoms with van der Waals surface area (Å²) < 4.78 is 0. The van der Waals surface area contributed by atoms with Crippen molar-refractivity contribution in [1.82, 2.24) is 4.98 Å². The zero-order chi connectivity index (χ0) is 8.69. The van der Waals surface area contributed by atoms with Gasteiger partial charge in [0, 0.05) is 0 Å². The molecule has 0 aliphatic rings. The standard InChI is InChI=1S/C8H22N2Si/c1-4-6-7-11(9)10-8(3)5-2/h8,10-11H,4-7,9H2,1-3H3. The van der Waals surface area contributed by atoms with Crippen LogP contribution in [0.2, 0.25) is 6.04 Å². The Hall–Kier alpha value is 0.137. The summed E-state index contributed by atoms with van der Waals surface area (Å²) in [7, 11) is -1.05. The molecule has 0 spiro atoms. The molecule has 0 aromatic rings. The molecule has 2 unspecified atom stereocenters. The smallest absolute Gasteiger partial charge is 0.182 e. The van der Waals surface area contributed by atoms with Gasteiger partial charge in [-0.1, -0.05) is 33.6 Å². The summed E-state index contributed by atoms with van der Waals surface area (Å²) in [5, 5.41) is 5.96. The Kier molecular flexibility index (Phi) is 6.91. The normalized spacial score (nSPS) is 16.4. The molecule has 0 aromatic carbocycles. The summed E-state index contributed by atoms with van der Waals surface area (Å²) in [6.45, 7) is 6.61. The van der Waals surface area contributed by atoms with Crippen molar-refractivity contribution >= 4 is 9.12 Å². The summed E-state index contributed by atoms with van der Waals surface area (Å²) in [4.78, 5) is 3.48. The van der Waals surface area contributed by atoms with Gasteiger partial charge in [0.2, 0.25) is 0 Å². The lowest BCUT2D eigenvalue weighted by Gasteiger charge is -2.16. The van der Waals surface area contributed by atoms with Gasteiger partial charge in [-0.3, -0.25) is 0 Å². The fourth-order valence-corrected chi connectivity index (χ4v) is 2.97. The zero-order valence-electron chi connectivity index (χ0n) is 8.06. The predicted molar refractivity (Wildman–Crippen MR) is 53.9 cm³/mol. The largest absolute Gasteiger partial charge is 0.341 e. The highest BCUT2D eigenvalue weighted by Gasteiger charge is 2.06. The van der Waals surface area contributed by atoms with Crippen LogP contribution in [0.3, 0.4) is 0 Å². The van der Waals surface area contributed by atoms with Gasteiger partial charge < -0.3 is 10.4 Å². The maximum Gasteiger partial charge on any atom is 0.182 e. The maximum atomic E-state index is 5.96. The van der Waals surface area contributed by atoms with Crippen molar-refractivity contribution in [2.24, 2.45) is 5.40 Å². The molecule has 3 heteroatoms. The molecule has 0 aliphatic carbocycles. The number of nitrogens with one attached hydrogen (secondary N) is 1. The van der Waals surface area contributed by atoms with Crippen molar-refractivity contribution in [3.8, 4) is 0 Å². The third-order valence-electron chi connectivity index (χ3n) is 1.98. The first-order valence-corrected chi connectivity index (χ1v) is 6.78. The molecule has 0 fully saturated rings. The van der Waals surface area contributed by atoms with Crippen molar-refractivity contribution in [1.29, 1.82) is 0 Å². The van der Waals surface area contributed by atoms with E-state index in [2.05, 4.69) is 25.8 Å². The first-order chi connectivity index (χ1) is 5.20. The van der Waals surface area contributed by atoms with Crippen molar-refractivity contribution in [3.05, 3.63) is 0 Å². The van der Waals surface area contributed by atoms with Gasteiger partial charge in [0.15, 0.2) is 9.12 Å². The second-order valence-electron chi connectivity index (χ2n) is 3.22. The van der Waals surface area contributed by atoms with Crippen LogP contribution in [0.5, 0.6) is 0 Å². The van der Waals surface area contributed by atoms with Crippen LogP contribution in [-0.4, -0.2) is 15.2 Å². The molecule has 0 heterocycles.